The molecule has 0 saturated carbocycles. The molecule has 20 heavy (non-hydrogen) atoms. The highest BCUT2D eigenvalue weighted by Gasteiger charge is 2.31. The number of piperidine rings is 1. The van der Waals surface area contributed by atoms with Crippen LogP contribution in [-0.2, 0) is 19.2 Å². The van der Waals surface area contributed by atoms with Crippen molar-refractivity contribution < 1.29 is 24.3 Å². The number of nitrogens with two attached hydrogens (primary N) is 1. The topological polar surface area (TPSA) is 121 Å². The van der Waals surface area contributed by atoms with Crippen LogP contribution in [0, 0.1) is 5.92 Å². The van der Waals surface area contributed by atoms with Crippen molar-refractivity contribution in [2.24, 2.45) is 11.7 Å². The Morgan fingerprint density at radius 3 is 2.45 bits per heavy atom. The van der Waals surface area contributed by atoms with Gasteiger partial charge >= 0.3 is 5.97 Å². The molecule has 3 N–H and O–H groups in total. The van der Waals surface area contributed by atoms with Gasteiger partial charge in [0.05, 0.1) is 12.5 Å². The monoisotopic (exact) mass is 285 g/mol. The minimum Gasteiger partial charge on any atom is -0.480 e. The van der Waals surface area contributed by atoms with Crippen LogP contribution in [0.2, 0.25) is 0 Å². The average Bonchev–Trinajstić information content (AvgIpc) is 2.36. The van der Waals surface area contributed by atoms with Crippen molar-refractivity contribution >= 4 is 23.7 Å². The predicted octanol–water partition coefficient (Wildman–Crippen LogP) is -1.36. The number of carboxylic acids is 1. The Morgan fingerprint density at radius 1 is 1.30 bits per heavy atom. The number of hydrogen-bond acceptors (Lipinski definition) is 4. The van der Waals surface area contributed by atoms with Crippen LogP contribution in [-0.4, -0.2) is 64.8 Å². The number of hydrogen-bond donors (Lipinski definition) is 2. The molecule has 1 fully saturated rings. The van der Waals surface area contributed by atoms with Crippen molar-refractivity contribution in [2.75, 3.05) is 26.2 Å². The fourth-order valence-electron chi connectivity index (χ4n) is 2.29. The molecular formula is C12H19N3O5. The van der Waals surface area contributed by atoms with Crippen molar-refractivity contribution in [1.29, 1.82) is 0 Å². The first-order valence-corrected chi connectivity index (χ1v) is 6.35. The first-order chi connectivity index (χ1) is 9.31. The molecule has 112 valence electrons. The number of carbonyl (C=O) groups excluding carboxylic acids is 3. The summed E-state index contributed by atoms with van der Waals surface area (Å²) < 4.78 is 0. The third kappa shape index (κ3) is 4.52. The molecule has 8 heteroatoms. The maximum Gasteiger partial charge on any atom is 0.323 e. The number of carboxylic acid groups (broad SMARTS) is 1. The lowest BCUT2D eigenvalue weighted by atomic mass is 9.96. The Hall–Kier alpha value is -2.12. The van der Waals surface area contributed by atoms with Crippen LogP contribution >= 0.6 is 0 Å². The standard InChI is InChI=1S/C12H19N3O5/c1-8(16)14-4-2-3-9(5-14)12(20)15(6-10(13)17)7-11(18)19/h9H,2-7H2,1H3,(H2,13,17)(H,18,19). The fourth-order valence-corrected chi connectivity index (χ4v) is 2.29. The second-order valence-corrected chi connectivity index (χ2v) is 4.86. The number of nitrogens with zero attached hydrogens (tertiary/aromatic N) is 2. The van der Waals surface area contributed by atoms with Gasteiger partial charge in [-0.3, -0.25) is 19.2 Å². The highest BCUT2D eigenvalue weighted by molar-refractivity contribution is 5.88. The fraction of sp³-hybridized carbons (Fsp3) is 0.667. The molecule has 1 aliphatic heterocycles. The summed E-state index contributed by atoms with van der Waals surface area (Å²) in [7, 11) is 0. The van der Waals surface area contributed by atoms with E-state index in [-0.39, 0.29) is 12.5 Å². The van der Waals surface area contributed by atoms with Crippen LogP contribution in [0.15, 0.2) is 0 Å². The molecule has 0 radical (unpaired) electrons. The molecule has 1 heterocycles. The Morgan fingerprint density at radius 2 is 1.95 bits per heavy atom. The van der Waals surface area contributed by atoms with Crippen LogP contribution in [0.4, 0.5) is 0 Å². The van der Waals surface area contributed by atoms with Gasteiger partial charge in [-0.25, -0.2) is 0 Å². The average molecular weight is 285 g/mol. The van der Waals surface area contributed by atoms with Crippen molar-refractivity contribution in [1.82, 2.24) is 9.80 Å². The quantitative estimate of drug-likeness (QED) is 0.646. The minimum absolute atomic E-state index is 0.123. The zero-order valence-electron chi connectivity index (χ0n) is 11.4. The molecule has 0 aromatic carbocycles. The van der Waals surface area contributed by atoms with E-state index in [9.17, 15) is 19.2 Å². The number of primary amides is 1. The molecule has 1 rings (SSSR count). The maximum atomic E-state index is 12.3. The number of rotatable bonds is 5. The van der Waals surface area contributed by atoms with Crippen molar-refractivity contribution in [3.8, 4) is 0 Å². The van der Waals surface area contributed by atoms with E-state index < -0.39 is 36.8 Å². The van der Waals surface area contributed by atoms with Crippen LogP contribution in [0.3, 0.4) is 0 Å². The Bertz CT molecular complexity index is 407. The Kier molecular flexibility index (Phi) is 5.48. The van der Waals surface area contributed by atoms with E-state index in [0.717, 1.165) is 4.90 Å². The van der Waals surface area contributed by atoms with Crippen molar-refractivity contribution in [2.45, 2.75) is 19.8 Å². The molecule has 1 unspecified atom stereocenters. The van der Waals surface area contributed by atoms with Crippen LogP contribution in [0.5, 0.6) is 0 Å². The van der Waals surface area contributed by atoms with E-state index in [4.69, 9.17) is 10.8 Å². The third-order valence-electron chi connectivity index (χ3n) is 3.20. The van der Waals surface area contributed by atoms with E-state index in [0.29, 0.717) is 19.4 Å². The van der Waals surface area contributed by atoms with E-state index in [1.54, 1.807) is 4.90 Å². The van der Waals surface area contributed by atoms with Gasteiger partial charge < -0.3 is 20.6 Å². The van der Waals surface area contributed by atoms with Gasteiger partial charge in [0.1, 0.15) is 6.54 Å². The van der Waals surface area contributed by atoms with Crippen LogP contribution in [0.1, 0.15) is 19.8 Å². The number of likely N-dealkylation sites (tertiary alicyclic amines) is 1. The summed E-state index contributed by atoms with van der Waals surface area (Å²) in [4.78, 5) is 47.7. The summed E-state index contributed by atoms with van der Waals surface area (Å²) in [5, 5.41) is 8.77. The Labute approximate surface area is 116 Å². The Balaban J connectivity index is 2.74. The minimum atomic E-state index is -1.21. The molecule has 0 aromatic heterocycles. The molecule has 0 aliphatic carbocycles. The maximum absolute atomic E-state index is 12.3. The van der Waals surface area contributed by atoms with Gasteiger partial charge in [0.15, 0.2) is 0 Å². The normalized spacial score (nSPS) is 18.4. The molecule has 0 bridgehead atoms. The summed E-state index contributed by atoms with van der Waals surface area (Å²) in [5.41, 5.74) is 5.02. The lowest BCUT2D eigenvalue weighted by molar-refractivity contribution is -0.149. The van der Waals surface area contributed by atoms with Crippen LogP contribution < -0.4 is 5.73 Å². The summed E-state index contributed by atoms with van der Waals surface area (Å²) in [5.74, 6) is -3.02. The second-order valence-electron chi connectivity index (χ2n) is 4.86. The zero-order valence-corrected chi connectivity index (χ0v) is 11.4. The smallest absolute Gasteiger partial charge is 0.323 e. The number of carbonyl (C=O) groups is 4. The van der Waals surface area contributed by atoms with Gasteiger partial charge in [-0.15, -0.1) is 0 Å². The van der Waals surface area contributed by atoms with Gasteiger partial charge in [0.25, 0.3) is 0 Å². The second kappa shape index (κ2) is 6.88. The highest BCUT2D eigenvalue weighted by atomic mass is 16.4. The molecule has 8 nitrogen and oxygen atoms in total. The first kappa shape index (κ1) is 15.9. The molecule has 1 saturated heterocycles. The molecule has 0 aromatic rings. The lowest BCUT2D eigenvalue weighted by Crippen LogP contribution is -2.49. The lowest BCUT2D eigenvalue weighted by Gasteiger charge is -2.33. The van der Waals surface area contributed by atoms with Gasteiger partial charge in [0, 0.05) is 20.0 Å². The molecule has 1 aliphatic rings. The zero-order chi connectivity index (χ0) is 15.3. The summed E-state index contributed by atoms with van der Waals surface area (Å²) in [6.45, 7) is 1.27. The predicted molar refractivity (Wildman–Crippen MR) is 68.4 cm³/mol. The summed E-state index contributed by atoms with van der Waals surface area (Å²) in [6, 6.07) is 0. The first-order valence-electron chi connectivity index (χ1n) is 6.35. The van der Waals surface area contributed by atoms with Crippen molar-refractivity contribution in [3.05, 3.63) is 0 Å². The SMILES string of the molecule is CC(=O)N1CCCC(C(=O)N(CC(N)=O)CC(=O)O)C1. The summed E-state index contributed by atoms with van der Waals surface area (Å²) >= 11 is 0. The van der Waals surface area contributed by atoms with Gasteiger partial charge in [-0.2, -0.15) is 0 Å². The number of amides is 3. The number of aliphatic carboxylic acids is 1. The van der Waals surface area contributed by atoms with Gasteiger partial charge in [-0.05, 0) is 12.8 Å². The van der Waals surface area contributed by atoms with E-state index in [2.05, 4.69) is 0 Å². The molecule has 3 amide bonds. The van der Waals surface area contributed by atoms with Crippen LogP contribution in [0.25, 0.3) is 0 Å². The van der Waals surface area contributed by atoms with Gasteiger partial charge in [0.2, 0.25) is 17.7 Å². The molecule has 0 spiro atoms. The van der Waals surface area contributed by atoms with E-state index in [1.165, 1.54) is 6.92 Å². The molecule has 1 atom stereocenters. The van der Waals surface area contributed by atoms with E-state index in [1.807, 2.05) is 0 Å². The van der Waals surface area contributed by atoms with E-state index >= 15 is 0 Å². The summed E-state index contributed by atoms with van der Waals surface area (Å²) in [6.07, 6.45) is 1.24. The molecular weight excluding hydrogens is 266 g/mol. The highest BCUT2D eigenvalue weighted by Crippen LogP contribution is 2.19. The third-order valence-corrected chi connectivity index (χ3v) is 3.20. The van der Waals surface area contributed by atoms with Crippen molar-refractivity contribution in [3.63, 3.8) is 0 Å². The van der Waals surface area contributed by atoms with Gasteiger partial charge in [-0.1, -0.05) is 0 Å². The largest absolute Gasteiger partial charge is 0.480 e.